The third-order valence-corrected chi connectivity index (χ3v) is 2.95. The van der Waals surface area contributed by atoms with Gasteiger partial charge in [-0.3, -0.25) is 4.79 Å². The van der Waals surface area contributed by atoms with Crippen LogP contribution in [0, 0.1) is 0 Å². The first-order valence-electron chi connectivity index (χ1n) is 5.34. The van der Waals surface area contributed by atoms with Crippen molar-refractivity contribution in [2.75, 3.05) is 6.66 Å². The molecule has 0 aliphatic rings. The Morgan fingerprint density at radius 1 is 1.44 bits per heavy atom. The smallest absolute Gasteiger partial charge is 0.248 e. The van der Waals surface area contributed by atoms with E-state index in [-0.39, 0.29) is 0 Å². The topological polar surface area (TPSA) is 78.4 Å². The summed E-state index contributed by atoms with van der Waals surface area (Å²) >= 11 is 0. The van der Waals surface area contributed by atoms with Crippen molar-refractivity contribution in [2.24, 2.45) is 5.73 Å². The Bertz CT molecular complexity index is 537. The zero-order valence-corrected chi connectivity index (χ0v) is 10.8. The summed E-state index contributed by atoms with van der Waals surface area (Å²) < 4.78 is 10.9. The van der Waals surface area contributed by atoms with Gasteiger partial charge in [-0.2, -0.15) is 0 Å². The normalized spacial score (nSPS) is 10.9. The summed E-state index contributed by atoms with van der Waals surface area (Å²) in [5.41, 5.74) is 6.32. The van der Waals surface area contributed by atoms with Crippen LogP contribution in [-0.4, -0.2) is 17.6 Å². The van der Waals surface area contributed by atoms with E-state index in [0.717, 1.165) is 5.63 Å². The summed E-state index contributed by atoms with van der Waals surface area (Å²) in [6, 6.07) is 6.63. The number of nitrogens with two attached hydrogens (primary N) is 1. The Balaban J connectivity index is 1.95. The van der Waals surface area contributed by atoms with Gasteiger partial charge in [-0.15, -0.1) is 0 Å². The standard InChI is InChI=1S/C12H13N2O3P/c1-18-12-14-6-10(17-12)7-16-9-4-2-8(3-5-9)11(13)15/h2-6,18H,7H2,1H3,(H2,13,15). The van der Waals surface area contributed by atoms with Gasteiger partial charge in [-0.25, -0.2) is 4.98 Å². The number of hydrogen-bond acceptors (Lipinski definition) is 4. The van der Waals surface area contributed by atoms with Crippen molar-refractivity contribution in [3.63, 3.8) is 0 Å². The van der Waals surface area contributed by atoms with Gasteiger partial charge in [0.25, 0.3) is 0 Å². The molecule has 0 aliphatic carbocycles. The van der Waals surface area contributed by atoms with Crippen molar-refractivity contribution < 1.29 is 13.9 Å². The molecule has 0 aliphatic heterocycles. The van der Waals surface area contributed by atoms with E-state index >= 15 is 0 Å². The monoisotopic (exact) mass is 264 g/mol. The van der Waals surface area contributed by atoms with Crippen molar-refractivity contribution in [2.45, 2.75) is 6.61 Å². The highest BCUT2D eigenvalue weighted by Gasteiger charge is 2.04. The average molecular weight is 264 g/mol. The molecule has 0 spiro atoms. The van der Waals surface area contributed by atoms with Crippen LogP contribution in [0.1, 0.15) is 16.1 Å². The predicted octanol–water partition coefficient (Wildman–Crippen LogP) is 1.29. The van der Waals surface area contributed by atoms with E-state index in [1.807, 2.05) is 6.66 Å². The van der Waals surface area contributed by atoms with Gasteiger partial charge < -0.3 is 14.9 Å². The SMILES string of the molecule is CPc1ncc(COc2ccc(C(N)=O)cc2)o1. The molecule has 1 heterocycles. The zero-order valence-electron chi connectivity index (χ0n) is 9.84. The molecule has 6 heteroatoms. The Kier molecular flexibility index (Phi) is 3.95. The van der Waals surface area contributed by atoms with Crippen molar-refractivity contribution in [3.8, 4) is 5.75 Å². The minimum Gasteiger partial charge on any atom is -0.486 e. The predicted molar refractivity (Wildman–Crippen MR) is 69.7 cm³/mol. The molecule has 0 saturated carbocycles. The Hall–Kier alpha value is -1.87. The van der Waals surface area contributed by atoms with Crippen LogP contribution in [0.4, 0.5) is 0 Å². The third kappa shape index (κ3) is 3.08. The second-order valence-electron chi connectivity index (χ2n) is 3.56. The Labute approximate surface area is 106 Å². The van der Waals surface area contributed by atoms with Gasteiger partial charge >= 0.3 is 0 Å². The number of aromatic nitrogens is 1. The first-order valence-corrected chi connectivity index (χ1v) is 6.84. The molecule has 18 heavy (non-hydrogen) atoms. The van der Waals surface area contributed by atoms with E-state index in [1.54, 1.807) is 30.5 Å². The van der Waals surface area contributed by atoms with E-state index < -0.39 is 5.91 Å². The number of ether oxygens (including phenoxy) is 1. The molecule has 2 rings (SSSR count). The van der Waals surface area contributed by atoms with Gasteiger partial charge in [0.2, 0.25) is 11.5 Å². The summed E-state index contributed by atoms with van der Waals surface area (Å²) in [7, 11) is 0.532. The van der Waals surface area contributed by atoms with Crippen molar-refractivity contribution in [1.82, 2.24) is 4.98 Å². The fourth-order valence-corrected chi connectivity index (χ4v) is 1.79. The number of oxazole rings is 1. The highest BCUT2D eigenvalue weighted by atomic mass is 31.1. The fraction of sp³-hybridized carbons (Fsp3) is 0.167. The third-order valence-electron chi connectivity index (χ3n) is 2.29. The minimum atomic E-state index is -0.453. The van der Waals surface area contributed by atoms with Gasteiger partial charge in [0.1, 0.15) is 12.4 Å². The molecular weight excluding hydrogens is 251 g/mol. The maximum absolute atomic E-state index is 10.9. The lowest BCUT2D eigenvalue weighted by Gasteiger charge is -2.04. The van der Waals surface area contributed by atoms with E-state index in [0.29, 0.717) is 32.3 Å². The number of carbonyl (C=O) groups is 1. The highest BCUT2D eigenvalue weighted by Crippen LogP contribution is 2.14. The summed E-state index contributed by atoms with van der Waals surface area (Å²) in [5, 5.41) is 0. The Morgan fingerprint density at radius 3 is 2.72 bits per heavy atom. The summed E-state index contributed by atoms with van der Waals surface area (Å²) in [5.74, 6) is 0.876. The molecule has 1 atom stereocenters. The lowest BCUT2D eigenvalue weighted by atomic mass is 10.2. The number of primary amides is 1. The van der Waals surface area contributed by atoms with E-state index in [4.69, 9.17) is 14.9 Å². The van der Waals surface area contributed by atoms with Crippen LogP contribution in [0.15, 0.2) is 34.9 Å². The van der Waals surface area contributed by atoms with Gasteiger partial charge in [-0.05, 0) is 39.5 Å². The zero-order chi connectivity index (χ0) is 13.0. The van der Waals surface area contributed by atoms with Gasteiger partial charge in [0.15, 0.2) is 5.76 Å². The molecule has 1 aromatic carbocycles. The quantitative estimate of drug-likeness (QED) is 0.825. The lowest BCUT2D eigenvalue weighted by Crippen LogP contribution is -2.10. The minimum absolute atomic E-state index is 0.313. The molecule has 1 amide bonds. The van der Waals surface area contributed by atoms with Gasteiger partial charge in [-0.1, -0.05) is 0 Å². The Morgan fingerprint density at radius 2 is 2.17 bits per heavy atom. The number of benzene rings is 1. The number of amides is 1. The van der Waals surface area contributed by atoms with Crippen LogP contribution < -0.4 is 16.1 Å². The molecule has 2 N–H and O–H groups in total. The number of hydrogen-bond donors (Lipinski definition) is 1. The van der Waals surface area contributed by atoms with E-state index in [1.165, 1.54) is 0 Å². The number of carbonyl (C=O) groups excluding carboxylic acids is 1. The second kappa shape index (κ2) is 5.65. The first kappa shape index (κ1) is 12.6. The molecule has 1 aromatic heterocycles. The maximum atomic E-state index is 10.9. The molecule has 0 saturated heterocycles. The molecule has 0 bridgehead atoms. The second-order valence-corrected chi connectivity index (χ2v) is 4.49. The van der Waals surface area contributed by atoms with Crippen LogP contribution in [-0.2, 0) is 6.61 Å². The molecule has 0 radical (unpaired) electrons. The maximum Gasteiger partial charge on any atom is 0.248 e. The van der Waals surface area contributed by atoms with Crippen LogP contribution >= 0.6 is 8.58 Å². The number of nitrogens with zero attached hydrogens (tertiary/aromatic N) is 1. The van der Waals surface area contributed by atoms with Crippen molar-refractivity contribution in [3.05, 3.63) is 41.8 Å². The van der Waals surface area contributed by atoms with Gasteiger partial charge in [0.05, 0.1) is 6.20 Å². The summed E-state index contributed by atoms with van der Waals surface area (Å²) in [6.07, 6.45) is 1.66. The number of rotatable bonds is 5. The molecule has 1 unspecified atom stereocenters. The largest absolute Gasteiger partial charge is 0.486 e. The summed E-state index contributed by atoms with van der Waals surface area (Å²) in [4.78, 5) is 15.0. The molecule has 94 valence electrons. The molecule has 2 aromatic rings. The molecule has 0 fully saturated rings. The summed E-state index contributed by atoms with van der Waals surface area (Å²) in [6.45, 7) is 2.31. The molecular formula is C12H13N2O3P. The van der Waals surface area contributed by atoms with Crippen LogP contribution in [0.2, 0.25) is 0 Å². The average Bonchev–Trinajstić information content (AvgIpc) is 2.85. The fourth-order valence-electron chi connectivity index (χ4n) is 1.36. The van der Waals surface area contributed by atoms with E-state index in [9.17, 15) is 4.79 Å². The molecule has 5 nitrogen and oxygen atoms in total. The van der Waals surface area contributed by atoms with Crippen molar-refractivity contribution in [1.29, 1.82) is 0 Å². The van der Waals surface area contributed by atoms with Crippen LogP contribution in [0.25, 0.3) is 0 Å². The first-order chi connectivity index (χ1) is 8.69. The highest BCUT2D eigenvalue weighted by molar-refractivity contribution is 7.45. The van der Waals surface area contributed by atoms with Crippen LogP contribution in [0.5, 0.6) is 5.75 Å². The van der Waals surface area contributed by atoms with E-state index in [2.05, 4.69) is 4.98 Å². The van der Waals surface area contributed by atoms with Gasteiger partial charge in [0, 0.05) is 5.56 Å². The van der Waals surface area contributed by atoms with Crippen molar-refractivity contribution >= 4 is 20.1 Å². The lowest BCUT2D eigenvalue weighted by molar-refractivity contribution is 0.1000. The van der Waals surface area contributed by atoms with Crippen LogP contribution in [0.3, 0.4) is 0 Å².